The molecule has 1 aliphatic rings. The first-order valence-electron chi connectivity index (χ1n) is 6.85. The summed E-state index contributed by atoms with van der Waals surface area (Å²) in [5.74, 6) is 0.161. The fourth-order valence-electron chi connectivity index (χ4n) is 2.36. The van der Waals surface area contributed by atoms with Gasteiger partial charge in [0.05, 0.1) is 11.9 Å². The molecule has 1 aromatic rings. The molecule has 2 unspecified atom stereocenters. The first-order chi connectivity index (χ1) is 9.87. The smallest absolute Gasteiger partial charge is 0.215 e. The fraction of sp³-hybridized carbons (Fsp3) is 0.500. The molecule has 2 rings (SSSR count). The van der Waals surface area contributed by atoms with Gasteiger partial charge in [-0.05, 0) is 25.0 Å². The topological polar surface area (TPSA) is 81.4 Å². The van der Waals surface area contributed by atoms with Crippen molar-refractivity contribution in [3.63, 3.8) is 0 Å². The third kappa shape index (κ3) is 4.74. The van der Waals surface area contributed by atoms with Crippen LogP contribution in [0.5, 0.6) is 0 Å². The van der Waals surface area contributed by atoms with E-state index in [-0.39, 0.29) is 22.8 Å². The van der Waals surface area contributed by atoms with Crippen LogP contribution in [0.15, 0.2) is 24.3 Å². The Morgan fingerprint density at radius 3 is 2.90 bits per heavy atom. The number of hydrogen-bond donors (Lipinski definition) is 2. The minimum Gasteiger partial charge on any atom is -0.389 e. The minimum atomic E-state index is -3.38. The van der Waals surface area contributed by atoms with E-state index in [1.807, 2.05) is 6.92 Å². The maximum atomic E-state index is 12.1. The van der Waals surface area contributed by atoms with E-state index in [1.54, 1.807) is 24.3 Å². The first-order valence-corrected chi connectivity index (χ1v) is 8.91. The Morgan fingerprint density at radius 2 is 2.29 bits per heavy atom. The Labute approximate surface area is 130 Å². The van der Waals surface area contributed by atoms with E-state index in [1.165, 1.54) is 0 Å². The van der Waals surface area contributed by atoms with E-state index < -0.39 is 10.0 Å². The largest absolute Gasteiger partial charge is 0.389 e. The maximum absolute atomic E-state index is 12.1. The summed E-state index contributed by atoms with van der Waals surface area (Å²) in [6, 6.07) is 6.99. The van der Waals surface area contributed by atoms with Gasteiger partial charge in [0, 0.05) is 24.6 Å². The van der Waals surface area contributed by atoms with Crippen molar-refractivity contribution >= 4 is 27.2 Å². The number of sulfonamides is 1. The van der Waals surface area contributed by atoms with Gasteiger partial charge in [-0.15, -0.1) is 0 Å². The van der Waals surface area contributed by atoms with Gasteiger partial charge in [-0.1, -0.05) is 30.4 Å². The lowest BCUT2D eigenvalue weighted by Crippen LogP contribution is -2.32. The van der Waals surface area contributed by atoms with E-state index in [2.05, 4.69) is 4.72 Å². The van der Waals surface area contributed by atoms with Gasteiger partial charge in [-0.3, -0.25) is 0 Å². The van der Waals surface area contributed by atoms with Crippen LogP contribution in [0.1, 0.15) is 24.5 Å². The van der Waals surface area contributed by atoms with Crippen molar-refractivity contribution in [2.45, 2.75) is 25.2 Å². The van der Waals surface area contributed by atoms with Crippen LogP contribution in [-0.2, 0) is 20.5 Å². The van der Waals surface area contributed by atoms with Gasteiger partial charge >= 0.3 is 0 Å². The van der Waals surface area contributed by atoms with E-state index in [0.717, 1.165) is 6.42 Å². The number of nitrogens with two attached hydrogens (primary N) is 1. The SMILES string of the molecule is CC1OCCC1CNS(=O)(=O)Cc1cccc(C(N)=S)c1. The highest BCUT2D eigenvalue weighted by Gasteiger charge is 2.25. The average Bonchev–Trinajstić information content (AvgIpc) is 2.82. The molecule has 3 N–H and O–H groups in total. The van der Waals surface area contributed by atoms with E-state index in [4.69, 9.17) is 22.7 Å². The van der Waals surface area contributed by atoms with E-state index >= 15 is 0 Å². The number of hydrogen-bond acceptors (Lipinski definition) is 4. The molecule has 2 atom stereocenters. The Kier molecular flexibility index (Phi) is 5.32. The summed E-state index contributed by atoms with van der Waals surface area (Å²) in [4.78, 5) is 0.263. The van der Waals surface area contributed by atoms with Gasteiger partial charge in [0.15, 0.2) is 0 Å². The lowest BCUT2D eigenvalue weighted by atomic mass is 10.0. The second-order valence-electron chi connectivity index (χ2n) is 5.30. The molecule has 0 spiro atoms. The van der Waals surface area contributed by atoms with Crippen molar-refractivity contribution in [2.24, 2.45) is 11.7 Å². The third-order valence-electron chi connectivity index (χ3n) is 3.67. The zero-order chi connectivity index (χ0) is 15.5. The van der Waals surface area contributed by atoms with Gasteiger partial charge in [0.2, 0.25) is 10.0 Å². The molecular weight excluding hydrogens is 308 g/mol. The second-order valence-corrected chi connectivity index (χ2v) is 7.54. The summed E-state index contributed by atoms with van der Waals surface area (Å²) in [5.41, 5.74) is 6.90. The van der Waals surface area contributed by atoms with Crippen LogP contribution in [0.2, 0.25) is 0 Å². The number of thiocarbonyl (C=S) groups is 1. The summed E-state index contributed by atoms with van der Waals surface area (Å²) < 4.78 is 32.3. The average molecular weight is 328 g/mol. The lowest BCUT2D eigenvalue weighted by molar-refractivity contribution is 0.107. The molecule has 7 heteroatoms. The Balaban J connectivity index is 1.97. The third-order valence-corrected chi connectivity index (χ3v) is 5.22. The molecule has 21 heavy (non-hydrogen) atoms. The van der Waals surface area contributed by atoms with Crippen LogP contribution in [0.4, 0.5) is 0 Å². The van der Waals surface area contributed by atoms with Crippen molar-refractivity contribution in [3.05, 3.63) is 35.4 Å². The zero-order valence-electron chi connectivity index (χ0n) is 11.9. The van der Waals surface area contributed by atoms with E-state index in [0.29, 0.717) is 24.3 Å². The molecule has 1 aliphatic heterocycles. The number of nitrogens with one attached hydrogen (secondary N) is 1. The van der Waals surface area contributed by atoms with Crippen LogP contribution in [0.3, 0.4) is 0 Å². The molecule has 0 aliphatic carbocycles. The molecular formula is C14H20N2O3S2. The Hall–Kier alpha value is -1.02. The predicted octanol–water partition coefficient (Wildman–Crippen LogP) is 1.17. The van der Waals surface area contributed by atoms with Crippen LogP contribution in [-0.4, -0.2) is 32.7 Å². The fourth-order valence-corrected chi connectivity index (χ4v) is 3.68. The molecule has 116 valence electrons. The van der Waals surface area contributed by atoms with Crippen molar-refractivity contribution in [1.82, 2.24) is 4.72 Å². The monoisotopic (exact) mass is 328 g/mol. The summed E-state index contributed by atoms with van der Waals surface area (Å²) in [7, 11) is -3.38. The summed E-state index contributed by atoms with van der Waals surface area (Å²) in [6.07, 6.45) is 0.992. The number of rotatable bonds is 6. The van der Waals surface area contributed by atoms with Gasteiger partial charge in [-0.2, -0.15) is 0 Å². The molecule has 0 radical (unpaired) electrons. The molecule has 0 aromatic heterocycles. The van der Waals surface area contributed by atoms with Gasteiger partial charge in [0.1, 0.15) is 4.99 Å². The standard InChI is InChI=1S/C14H20N2O3S2/c1-10-13(5-6-19-10)8-16-21(17,18)9-11-3-2-4-12(7-11)14(15)20/h2-4,7,10,13,16H,5-6,8-9H2,1H3,(H2,15,20). The highest BCUT2D eigenvalue weighted by atomic mass is 32.2. The molecule has 1 heterocycles. The lowest BCUT2D eigenvalue weighted by Gasteiger charge is -2.15. The van der Waals surface area contributed by atoms with Crippen LogP contribution in [0.25, 0.3) is 0 Å². The van der Waals surface area contributed by atoms with Crippen molar-refractivity contribution in [2.75, 3.05) is 13.2 Å². The summed E-state index contributed by atoms with van der Waals surface area (Å²) in [5, 5.41) is 0. The first kappa shape index (κ1) is 16.4. The number of ether oxygens (including phenoxy) is 1. The van der Waals surface area contributed by atoms with Crippen LogP contribution >= 0.6 is 12.2 Å². The normalized spacial score (nSPS) is 22.3. The van der Waals surface area contributed by atoms with Gasteiger partial charge < -0.3 is 10.5 Å². The number of benzene rings is 1. The molecule has 1 saturated heterocycles. The molecule has 0 saturated carbocycles. The summed E-state index contributed by atoms with van der Waals surface area (Å²) >= 11 is 4.90. The molecule has 1 aromatic carbocycles. The van der Waals surface area contributed by atoms with Gasteiger partial charge in [0.25, 0.3) is 0 Å². The Bertz CT molecular complexity index is 616. The van der Waals surface area contributed by atoms with E-state index in [9.17, 15) is 8.42 Å². The highest BCUT2D eigenvalue weighted by Crippen LogP contribution is 2.19. The predicted molar refractivity (Wildman–Crippen MR) is 86.5 cm³/mol. The summed E-state index contributed by atoms with van der Waals surface area (Å²) in [6.45, 7) is 3.08. The molecule has 1 fully saturated rings. The van der Waals surface area contributed by atoms with Gasteiger partial charge in [-0.25, -0.2) is 13.1 Å². The molecule has 0 amide bonds. The van der Waals surface area contributed by atoms with Crippen LogP contribution in [0, 0.1) is 5.92 Å². The van der Waals surface area contributed by atoms with Crippen molar-refractivity contribution in [3.8, 4) is 0 Å². The van der Waals surface area contributed by atoms with Crippen LogP contribution < -0.4 is 10.5 Å². The maximum Gasteiger partial charge on any atom is 0.215 e. The Morgan fingerprint density at radius 1 is 1.52 bits per heavy atom. The highest BCUT2D eigenvalue weighted by molar-refractivity contribution is 7.88. The van der Waals surface area contributed by atoms with Crippen molar-refractivity contribution < 1.29 is 13.2 Å². The zero-order valence-corrected chi connectivity index (χ0v) is 13.5. The quantitative estimate of drug-likeness (QED) is 0.766. The minimum absolute atomic E-state index is 0.0780. The molecule has 5 nitrogen and oxygen atoms in total. The van der Waals surface area contributed by atoms with Crippen molar-refractivity contribution in [1.29, 1.82) is 0 Å². The second kappa shape index (κ2) is 6.83. The molecule has 0 bridgehead atoms.